The third-order valence-corrected chi connectivity index (χ3v) is 4.49. The molecule has 0 amide bonds. The van der Waals surface area contributed by atoms with Gasteiger partial charge in [-0.05, 0) is 54.8 Å². The minimum Gasteiger partial charge on any atom is -0.399 e. The summed E-state index contributed by atoms with van der Waals surface area (Å²) in [6.07, 6.45) is 2.05. The van der Waals surface area contributed by atoms with Crippen LogP contribution >= 0.6 is 0 Å². The van der Waals surface area contributed by atoms with Gasteiger partial charge in [0.25, 0.3) is 10.0 Å². The molecule has 0 aliphatic carbocycles. The molecule has 0 aromatic heterocycles. The Bertz CT molecular complexity index is 702. The molecule has 112 valence electrons. The minimum absolute atomic E-state index is 0.178. The number of nitrogens with one attached hydrogen (secondary N) is 1. The molecule has 5 heteroatoms. The number of nitrogen functional groups attached to an aromatic ring is 1. The summed E-state index contributed by atoms with van der Waals surface area (Å²) in [5, 5.41) is 0. The number of rotatable bonds is 5. The quantitative estimate of drug-likeness (QED) is 0.832. The molecule has 21 heavy (non-hydrogen) atoms. The van der Waals surface area contributed by atoms with Crippen molar-refractivity contribution in [2.75, 3.05) is 10.5 Å². The number of aryl methyl sites for hydroxylation is 2. The van der Waals surface area contributed by atoms with Gasteiger partial charge in [0, 0.05) is 11.4 Å². The molecule has 0 fully saturated rings. The third-order valence-electron chi connectivity index (χ3n) is 3.13. The summed E-state index contributed by atoms with van der Waals surface area (Å²) in [4.78, 5) is 0.178. The van der Waals surface area contributed by atoms with Crippen LogP contribution in [-0.2, 0) is 16.4 Å². The van der Waals surface area contributed by atoms with Crippen molar-refractivity contribution in [2.24, 2.45) is 0 Å². The van der Waals surface area contributed by atoms with Crippen molar-refractivity contribution in [3.8, 4) is 0 Å². The maximum Gasteiger partial charge on any atom is 0.261 e. The molecule has 0 aliphatic rings. The first-order valence-electron chi connectivity index (χ1n) is 6.89. The van der Waals surface area contributed by atoms with Crippen LogP contribution in [0.3, 0.4) is 0 Å². The predicted octanol–water partition coefficient (Wildman–Crippen LogP) is 3.33. The zero-order valence-corrected chi connectivity index (χ0v) is 13.1. The van der Waals surface area contributed by atoms with Gasteiger partial charge < -0.3 is 5.73 Å². The Kier molecular flexibility index (Phi) is 4.53. The van der Waals surface area contributed by atoms with Crippen molar-refractivity contribution < 1.29 is 8.42 Å². The number of hydrogen-bond donors (Lipinski definition) is 2. The van der Waals surface area contributed by atoms with Gasteiger partial charge in [-0.2, -0.15) is 0 Å². The van der Waals surface area contributed by atoms with Crippen LogP contribution in [0.4, 0.5) is 11.4 Å². The van der Waals surface area contributed by atoms with E-state index in [4.69, 9.17) is 5.73 Å². The lowest BCUT2D eigenvalue weighted by atomic mass is 10.1. The van der Waals surface area contributed by atoms with Crippen LogP contribution in [0.2, 0.25) is 0 Å². The summed E-state index contributed by atoms with van der Waals surface area (Å²) in [6, 6.07) is 12.2. The highest BCUT2D eigenvalue weighted by Crippen LogP contribution is 2.20. The van der Waals surface area contributed by atoms with E-state index in [0.717, 1.165) is 18.4 Å². The van der Waals surface area contributed by atoms with Gasteiger partial charge in [0.15, 0.2) is 0 Å². The Hall–Kier alpha value is -2.01. The first kappa shape index (κ1) is 15.4. The normalized spacial score (nSPS) is 11.3. The van der Waals surface area contributed by atoms with Gasteiger partial charge in [0.1, 0.15) is 0 Å². The predicted molar refractivity (Wildman–Crippen MR) is 86.8 cm³/mol. The first-order chi connectivity index (χ1) is 9.90. The number of hydrogen-bond acceptors (Lipinski definition) is 3. The highest BCUT2D eigenvalue weighted by Gasteiger charge is 2.15. The second-order valence-corrected chi connectivity index (χ2v) is 6.81. The zero-order chi connectivity index (χ0) is 15.5. The van der Waals surface area contributed by atoms with E-state index in [-0.39, 0.29) is 4.90 Å². The number of sulfonamides is 1. The SMILES string of the molecule is CCCc1ccc(NS(=O)(=O)c2cc(C)cc(N)c2)cc1. The highest BCUT2D eigenvalue weighted by molar-refractivity contribution is 7.92. The fraction of sp³-hybridized carbons (Fsp3) is 0.250. The molecule has 0 atom stereocenters. The summed E-state index contributed by atoms with van der Waals surface area (Å²) in [7, 11) is -3.61. The molecule has 3 N–H and O–H groups in total. The largest absolute Gasteiger partial charge is 0.399 e. The number of benzene rings is 2. The van der Waals surface area contributed by atoms with E-state index in [2.05, 4.69) is 11.6 Å². The van der Waals surface area contributed by atoms with Crippen molar-refractivity contribution in [3.63, 3.8) is 0 Å². The van der Waals surface area contributed by atoms with Crippen molar-refractivity contribution in [1.29, 1.82) is 0 Å². The molecule has 0 saturated heterocycles. The van der Waals surface area contributed by atoms with Crippen molar-refractivity contribution in [1.82, 2.24) is 0 Å². The van der Waals surface area contributed by atoms with E-state index in [1.807, 2.05) is 19.1 Å². The zero-order valence-electron chi connectivity index (χ0n) is 12.3. The third kappa shape index (κ3) is 3.98. The Balaban J connectivity index is 2.24. The first-order valence-corrected chi connectivity index (χ1v) is 8.38. The Morgan fingerprint density at radius 3 is 2.33 bits per heavy atom. The fourth-order valence-electron chi connectivity index (χ4n) is 2.17. The van der Waals surface area contributed by atoms with E-state index in [1.165, 1.54) is 11.6 Å². The summed E-state index contributed by atoms with van der Waals surface area (Å²) < 4.78 is 27.3. The molecular formula is C16H20N2O2S. The summed E-state index contributed by atoms with van der Waals surface area (Å²) in [5.74, 6) is 0. The van der Waals surface area contributed by atoms with E-state index < -0.39 is 10.0 Å². The average molecular weight is 304 g/mol. The number of nitrogens with two attached hydrogens (primary N) is 1. The van der Waals surface area contributed by atoms with Crippen molar-refractivity contribution >= 4 is 21.4 Å². The molecule has 2 rings (SSSR count). The van der Waals surface area contributed by atoms with Gasteiger partial charge in [-0.15, -0.1) is 0 Å². The molecule has 0 heterocycles. The van der Waals surface area contributed by atoms with Crippen molar-refractivity contribution in [3.05, 3.63) is 53.6 Å². The monoisotopic (exact) mass is 304 g/mol. The van der Waals surface area contributed by atoms with Gasteiger partial charge in [0.2, 0.25) is 0 Å². The standard InChI is InChI=1S/C16H20N2O2S/c1-3-4-13-5-7-15(8-6-13)18-21(19,20)16-10-12(2)9-14(17)11-16/h5-11,18H,3-4,17H2,1-2H3. The van der Waals surface area contributed by atoms with Crippen LogP contribution in [0.15, 0.2) is 47.4 Å². The molecule has 0 saturated carbocycles. The highest BCUT2D eigenvalue weighted by atomic mass is 32.2. The maximum atomic E-state index is 12.3. The fourth-order valence-corrected chi connectivity index (χ4v) is 3.37. The molecule has 0 unspecified atom stereocenters. The smallest absolute Gasteiger partial charge is 0.261 e. The Morgan fingerprint density at radius 1 is 1.10 bits per heavy atom. The van der Waals surface area contributed by atoms with E-state index in [9.17, 15) is 8.42 Å². The van der Waals surface area contributed by atoms with E-state index in [0.29, 0.717) is 11.4 Å². The van der Waals surface area contributed by atoms with Crippen LogP contribution < -0.4 is 10.5 Å². The van der Waals surface area contributed by atoms with Crippen LogP contribution in [0.1, 0.15) is 24.5 Å². The Labute approximate surface area is 126 Å². The lowest BCUT2D eigenvalue weighted by molar-refractivity contribution is 0.601. The molecule has 0 spiro atoms. The van der Waals surface area contributed by atoms with Crippen LogP contribution in [0.5, 0.6) is 0 Å². The van der Waals surface area contributed by atoms with Crippen LogP contribution in [-0.4, -0.2) is 8.42 Å². The lowest BCUT2D eigenvalue weighted by Crippen LogP contribution is -2.13. The molecule has 4 nitrogen and oxygen atoms in total. The summed E-state index contributed by atoms with van der Waals surface area (Å²) in [6.45, 7) is 3.92. The molecule has 0 bridgehead atoms. The second-order valence-electron chi connectivity index (χ2n) is 5.13. The minimum atomic E-state index is -3.61. The molecule has 2 aromatic carbocycles. The topological polar surface area (TPSA) is 72.2 Å². The summed E-state index contributed by atoms with van der Waals surface area (Å²) in [5.41, 5.74) is 8.71. The lowest BCUT2D eigenvalue weighted by Gasteiger charge is -2.10. The molecule has 0 radical (unpaired) electrons. The van der Waals surface area contributed by atoms with Gasteiger partial charge in [-0.3, -0.25) is 4.72 Å². The van der Waals surface area contributed by atoms with E-state index >= 15 is 0 Å². The average Bonchev–Trinajstić information content (AvgIpc) is 2.40. The van der Waals surface area contributed by atoms with E-state index in [1.54, 1.807) is 24.3 Å². The van der Waals surface area contributed by atoms with Crippen molar-refractivity contribution in [2.45, 2.75) is 31.6 Å². The molecule has 2 aromatic rings. The van der Waals surface area contributed by atoms with Gasteiger partial charge in [-0.25, -0.2) is 8.42 Å². The van der Waals surface area contributed by atoms with Crippen LogP contribution in [0, 0.1) is 6.92 Å². The summed E-state index contributed by atoms with van der Waals surface area (Å²) >= 11 is 0. The van der Waals surface area contributed by atoms with Gasteiger partial charge in [-0.1, -0.05) is 25.5 Å². The molecule has 0 aliphatic heterocycles. The second kappa shape index (κ2) is 6.18. The van der Waals surface area contributed by atoms with Gasteiger partial charge in [0.05, 0.1) is 4.90 Å². The molecular weight excluding hydrogens is 284 g/mol. The van der Waals surface area contributed by atoms with Crippen LogP contribution in [0.25, 0.3) is 0 Å². The Morgan fingerprint density at radius 2 is 1.76 bits per heavy atom. The van der Waals surface area contributed by atoms with Gasteiger partial charge >= 0.3 is 0 Å². The number of anilines is 2. The maximum absolute atomic E-state index is 12.3.